The highest BCUT2D eigenvalue weighted by molar-refractivity contribution is 6.43. The third kappa shape index (κ3) is 2.36. The second-order valence-electron chi connectivity index (χ2n) is 8.65. The molecule has 1 heterocycles. The molecule has 1 fully saturated rings. The first-order chi connectivity index (χ1) is 12.3. The van der Waals surface area contributed by atoms with Crippen LogP contribution in [0.15, 0.2) is 36.4 Å². The van der Waals surface area contributed by atoms with Crippen LogP contribution in [-0.4, -0.2) is 5.54 Å². The molecule has 0 aromatic heterocycles. The van der Waals surface area contributed by atoms with Crippen molar-refractivity contribution in [1.29, 1.82) is 0 Å². The first-order valence-corrected chi connectivity index (χ1v) is 10.4. The second-order valence-corrected chi connectivity index (χ2v) is 9.44. The topological polar surface area (TPSA) is 3.24 Å². The molecule has 0 bridgehead atoms. The minimum absolute atomic E-state index is 0.0114. The van der Waals surface area contributed by atoms with Gasteiger partial charge in [-0.3, -0.25) is 0 Å². The minimum atomic E-state index is 0.0114. The fourth-order valence-corrected chi connectivity index (χ4v) is 5.53. The molecule has 0 radical (unpaired) electrons. The summed E-state index contributed by atoms with van der Waals surface area (Å²) in [5, 5.41) is 1.28. The molecule has 2 aliphatic rings. The number of anilines is 2. The smallest absolute Gasteiger partial charge is 0.0829 e. The summed E-state index contributed by atoms with van der Waals surface area (Å²) in [5.41, 5.74) is 5.35. The molecule has 0 N–H and O–H groups in total. The summed E-state index contributed by atoms with van der Waals surface area (Å²) in [6, 6.07) is 13.0. The van der Waals surface area contributed by atoms with Gasteiger partial charge in [-0.05, 0) is 55.0 Å². The lowest BCUT2D eigenvalue weighted by Crippen LogP contribution is -2.54. The summed E-state index contributed by atoms with van der Waals surface area (Å²) in [6.45, 7) is 9.40. The van der Waals surface area contributed by atoms with Crippen molar-refractivity contribution in [1.82, 2.24) is 0 Å². The molecule has 0 spiro atoms. The van der Waals surface area contributed by atoms with E-state index in [-0.39, 0.29) is 11.0 Å². The Hall–Kier alpha value is -1.18. The third-order valence-corrected chi connectivity index (χ3v) is 7.78. The maximum absolute atomic E-state index is 6.69. The molecule has 2 aromatic rings. The van der Waals surface area contributed by atoms with Gasteiger partial charge in [-0.2, -0.15) is 0 Å². The monoisotopic (exact) mass is 387 g/mol. The van der Waals surface area contributed by atoms with Crippen LogP contribution in [0.1, 0.15) is 70.4 Å². The van der Waals surface area contributed by atoms with Gasteiger partial charge in [-0.25, -0.2) is 0 Å². The van der Waals surface area contributed by atoms with Gasteiger partial charge in [0, 0.05) is 11.1 Å². The Morgan fingerprint density at radius 2 is 1.69 bits per heavy atom. The summed E-state index contributed by atoms with van der Waals surface area (Å²) >= 11 is 13.1. The number of nitrogens with zero attached hydrogens (tertiary/aromatic N) is 1. The molecule has 2 aromatic carbocycles. The van der Waals surface area contributed by atoms with Crippen molar-refractivity contribution in [2.24, 2.45) is 0 Å². The number of benzene rings is 2. The highest BCUT2D eigenvalue weighted by Crippen LogP contribution is 2.61. The molecule has 138 valence electrons. The van der Waals surface area contributed by atoms with Gasteiger partial charge in [0.1, 0.15) is 0 Å². The molecule has 3 heteroatoms. The van der Waals surface area contributed by atoms with Gasteiger partial charge >= 0.3 is 0 Å². The van der Waals surface area contributed by atoms with Gasteiger partial charge in [-0.15, -0.1) is 0 Å². The van der Waals surface area contributed by atoms with Gasteiger partial charge in [0.15, 0.2) is 0 Å². The normalized spacial score (nSPS) is 27.6. The van der Waals surface area contributed by atoms with Gasteiger partial charge in [0.2, 0.25) is 0 Å². The molecule has 1 aliphatic carbocycles. The fourth-order valence-electron chi connectivity index (χ4n) is 5.15. The molecule has 4 rings (SSSR count). The highest BCUT2D eigenvalue weighted by atomic mass is 35.5. The lowest BCUT2D eigenvalue weighted by molar-refractivity contribution is 0.195. The van der Waals surface area contributed by atoms with Gasteiger partial charge in [0.25, 0.3) is 0 Å². The van der Waals surface area contributed by atoms with E-state index >= 15 is 0 Å². The van der Waals surface area contributed by atoms with Crippen molar-refractivity contribution < 1.29 is 0 Å². The van der Waals surface area contributed by atoms with E-state index in [4.69, 9.17) is 23.2 Å². The van der Waals surface area contributed by atoms with Crippen molar-refractivity contribution in [3.05, 3.63) is 57.6 Å². The maximum Gasteiger partial charge on any atom is 0.0829 e. The molecule has 2 atom stereocenters. The second kappa shape index (κ2) is 6.17. The van der Waals surface area contributed by atoms with E-state index in [1.807, 2.05) is 12.1 Å². The molecule has 0 saturated heterocycles. The Bertz CT molecular complexity index is 859. The molecular formula is C23H27Cl2N. The Labute approximate surface area is 167 Å². The van der Waals surface area contributed by atoms with Crippen LogP contribution < -0.4 is 4.90 Å². The minimum Gasteiger partial charge on any atom is -0.333 e. The average Bonchev–Trinajstić information content (AvgIpc) is 2.81. The van der Waals surface area contributed by atoms with Gasteiger partial charge in [-0.1, -0.05) is 75.0 Å². The van der Waals surface area contributed by atoms with Gasteiger partial charge in [0.05, 0.1) is 21.3 Å². The van der Waals surface area contributed by atoms with Gasteiger partial charge < -0.3 is 4.90 Å². The van der Waals surface area contributed by atoms with E-state index in [1.165, 1.54) is 36.1 Å². The number of fused-ring (bicyclic) bond motifs is 3. The van der Waals surface area contributed by atoms with Crippen molar-refractivity contribution >= 4 is 34.6 Å². The molecular weight excluding hydrogens is 361 g/mol. The quantitative estimate of drug-likeness (QED) is 0.506. The summed E-state index contributed by atoms with van der Waals surface area (Å²) in [7, 11) is 0. The zero-order chi connectivity index (χ0) is 18.7. The number of hydrogen-bond donors (Lipinski definition) is 0. The molecule has 1 aliphatic heterocycles. The molecule has 0 amide bonds. The van der Waals surface area contributed by atoms with Crippen LogP contribution in [0, 0.1) is 0 Å². The predicted molar refractivity (Wildman–Crippen MR) is 113 cm³/mol. The van der Waals surface area contributed by atoms with E-state index in [0.717, 1.165) is 12.1 Å². The van der Waals surface area contributed by atoms with Crippen molar-refractivity contribution in [2.75, 3.05) is 4.90 Å². The van der Waals surface area contributed by atoms with Crippen molar-refractivity contribution in [3.8, 4) is 0 Å². The number of rotatable bonds is 2. The first kappa shape index (κ1) is 18.2. The summed E-state index contributed by atoms with van der Waals surface area (Å²) in [5.74, 6) is 0.530. The van der Waals surface area contributed by atoms with Crippen LogP contribution in [0.4, 0.5) is 11.4 Å². The van der Waals surface area contributed by atoms with E-state index in [1.54, 1.807) is 0 Å². The number of hydrogen-bond acceptors (Lipinski definition) is 1. The highest BCUT2D eigenvalue weighted by Gasteiger charge is 2.57. The zero-order valence-electron chi connectivity index (χ0n) is 16.1. The van der Waals surface area contributed by atoms with Crippen LogP contribution in [0.3, 0.4) is 0 Å². The fraction of sp³-hybridized carbons (Fsp3) is 0.478. The maximum atomic E-state index is 6.69. The third-order valence-electron chi connectivity index (χ3n) is 6.97. The van der Waals surface area contributed by atoms with E-state index in [0.29, 0.717) is 16.0 Å². The average molecular weight is 388 g/mol. The Kier molecular flexibility index (Phi) is 4.32. The van der Waals surface area contributed by atoms with Crippen molar-refractivity contribution in [2.45, 2.75) is 70.3 Å². The summed E-state index contributed by atoms with van der Waals surface area (Å²) in [6.07, 6.45) is 4.92. The Morgan fingerprint density at radius 3 is 2.42 bits per heavy atom. The van der Waals surface area contributed by atoms with E-state index in [2.05, 4.69) is 56.9 Å². The summed E-state index contributed by atoms with van der Waals surface area (Å²) in [4.78, 5) is 2.49. The van der Waals surface area contributed by atoms with Crippen LogP contribution in [0.2, 0.25) is 10.0 Å². The predicted octanol–water partition coefficient (Wildman–Crippen LogP) is 7.86. The van der Waals surface area contributed by atoms with Crippen molar-refractivity contribution in [3.63, 3.8) is 0 Å². The van der Waals surface area contributed by atoms with E-state index in [9.17, 15) is 0 Å². The Morgan fingerprint density at radius 1 is 0.962 bits per heavy atom. The standard InChI is InChI=1S/C23H27Cl2N/c1-15(2)16-10-11-19-17(14-16)22(3)12-5-6-13-23(22,4)26(19)20-9-7-8-18(24)21(20)25/h7-11,14-15H,5-6,12-13H2,1-4H3. The lowest BCUT2D eigenvalue weighted by atomic mass is 9.61. The molecule has 2 unspecified atom stereocenters. The van der Waals surface area contributed by atoms with Crippen LogP contribution in [0.25, 0.3) is 0 Å². The largest absolute Gasteiger partial charge is 0.333 e. The molecule has 26 heavy (non-hydrogen) atoms. The lowest BCUT2D eigenvalue weighted by Gasteiger charge is -2.50. The first-order valence-electron chi connectivity index (χ1n) is 9.68. The van der Waals surface area contributed by atoms with Crippen LogP contribution in [0.5, 0.6) is 0 Å². The zero-order valence-corrected chi connectivity index (χ0v) is 17.6. The number of halogens is 2. The van der Waals surface area contributed by atoms with Crippen LogP contribution >= 0.6 is 23.2 Å². The SMILES string of the molecule is CC(C)c1ccc2c(c1)C1(C)CCCCC1(C)N2c1cccc(Cl)c1Cl. The van der Waals surface area contributed by atoms with E-state index < -0.39 is 0 Å². The molecule has 1 nitrogen and oxygen atoms in total. The molecule has 1 saturated carbocycles. The Balaban J connectivity index is 1.99. The van der Waals surface area contributed by atoms with Crippen LogP contribution in [-0.2, 0) is 5.41 Å². The summed E-state index contributed by atoms with van der Waals surface area (Å²) < 4.78 is 0.